The molecule has 0 unspecified atom stereocenters. The standard InChI is InChI=1S/C28H30N2O8/c1-11-15-13(12-7-5-4-6-8-12)9-10-14(31)17(15)22(32)18-16(11)23(33)20-21(30(2)3)24(34)19(27(29)37)26(36)28(20,38)25(18)35/h4-5,8-11,16,20-21,23,31-33,36,38H,6-7H2,1-3H3,(H2,29,37)/t11-,16+,20+,21-,23-,28-/m0/s1. The highest BCUT2D eigenvalue weighted by Gasteiger charge is 2.68. The topological polar surface area (TPSA) is 182 Å². The van der Waals surface area contributed by atoms with E-state index in [2.05, 4.69) is 0 Å². The normalized spacial score (nSPS) is 32.7. The zero-order chi connectivity index (χ0) is 27.8. The van der Waals surface area contributed by atoms with Crippen LogP contribution in [0.4, 0.5) is 0 Å². The quantitative estimate of drug-likeness (QED) is 0.251. The van der Waals surface area contributed by atoms with Gasteiger partial charge in [0.05, 0.1) is 23.6 Å². The van der Waals surface area contributed by atoms with E-state index in [4.69, 9.17) is 5.73 Å². The Kier molecular flexibility index (Phi) is 5.90. The number of nitrogens with two attached hydrogens (primary N) is 1. The number of carbonyl (C=O) groups is 3. The minimum Gasteiger partial charge on any atom is -0.508 e. The van der Waals surface area contributed by atoms with Crippen LogP contribution in [0.3, 0.4) is 0 Å². The largest absolute Gasteiger partial charge is 0.508 e. The number of amides is 1. The number of aliphatic hydroxyl groups excluding tert-OH is 3. The molecule has 38 heavy (non-hydrogen) atoms. The number of phenols is 1. The number of primary amides is 1. The van der Waals surface area contributed by atoms with Crippen molar-refractivity contribution in [3.63, 3.8) is 0 Å². The lowest BCUT2D eigenvalue weighted by atomic mass is 9.54. The predicted molar refractivity (Wildman–Crippen MR) is 137 cm³/mol. The number of nitrogens with zero attached hydrogens (tertiary/aromatic N) is 1. The average Bonchev–Trinajstić information content (AvgIpc) is 2.86. The third-order valence-electron chi connectivity index (χ3n) is 8.46. The van der Waals surface area contributed by atoms with Gasteiger partial charge in [-0.15, -0.1) is 0 Å². The Morgan fingerprint density at radius 2 is 1.82 bits per heavy atom. The third-order valence-corrected chi connectivity index (χ3v) is 8.46. The van der Waals surface area contributed by atoms with Gasteiger partial charge in [0.1, 0.15) is 22.8 Å². The first-order valence-electron chi connectivity index (χ1n) is 12.4. The fourth-order valence-electron chi connectivity index (χ4n) is 6.80. The highest BCUT2D eigenvalue weighted by molar-refractivity contribution is 6.24. The summed E-state index contributed by atoms with van der Waals surface area (Å²) in [5.74, 6) is -8.98. The highest BCUT2D eigenvalue weighted by Crippen LogP contribution is 2.57. The second kappa shape index (κ2) is 8.65. The molecular weight excluding hydrogens is 492 g/mol. The molecule has 1 aromatic carbocycles. The van der Waals surface area contributed by atoms with E-state index in [-0.39, 0.29) is 11.3 Å². The van der Waals surface area contributed by atoms with E-state index in [1.165, 1.54) is 25.1 Å². The Morgan fingerprint density at radius 1 is 1.13 bits per heavy atom. The maximum absolute atomic E-state index is 14.0. The van der Waals surface area contributed by atoms with E-state index in [9.17, 15) is 39.9 Å². The average molecular weight is 523 g/mol. The number of benzene rings is 1. The molecule has 0 aliphatic heterocycles. The predicted octanol–water partition coefficient (Wildman–Crippen LogP) is 1.23. The van der Waals surface area contributed by atoms with Crippen LogP contribution in [0.15, 0.2) is 47.3 Å². The third kappa shape index (κ3) is 3.20. The minimum atomic E-state index is -2.92. The SMILES string of the molecule is C[C@H]1c2c(C3=CCC=CC3)ccc(O)c2C(O)=C2C(=O)[C@]3(O)C(O)=C(C(N)=O)C(=O)[C@@H](N(C)C)[C@@H]3[C@@H](O)[C@@H]21. The van der Waals surface area contributed by atoms with Gasteiger partial charge in [0, 0.05) is 11.5 Å². The Bertz CT molecular complexity index is 1420. The molecule has 4 aliphatic rings. The number of Topliss-reactive ketones (excluding diaryl/α,β-unsaturated/α-hetero) is 2. The van der Waals surface area contributed by atoms with Crippen LogP contribution in [0, 0.1) is 11.8 Å². The molecule has 5 rings (SSSR count). The first-order valence-corrected chi connectivity index (χ1v) is 12.4. The lowest BCUT2D eigenvalue weighted by molar-refractivity contribution is -0.169. The van der Waals surface area contributed by atoms with Crippen molar-refractivity contribution in [2.24, 2.45) is 17.6 Å². The number of aromatic hydroxyl groups is 1. The fourth-order valence-corrected chi connectivity index (χ4v) is 6.80. The molecule has 1 fully saturated rings. The van der Waals surface area contributed by atoms with E-state index < -0.39 is 75.6 Å². The van der Waals surface area contributed by atoms with Gasteiger partial charge in [-0.3, -0.25) is 19.3 Å². The zero-order valence-corrected chi connectivity index (χ0v) is 21.2. The first-order chi connectivity index (χ1) is 17.8. The monoisotopic (exact) mass is 522 g/mol. The van der Waals surface area contributed by atoms with Gasteiger partial charge < -0.3 is 31.3 Å². The van der Waals surface area contributed by atoms with E-state index >= 15 is 0 Å². The number of phenolic OH excluding ortho intramolecular Hbond substituents is 1. The second-order valence-corrected chi connectivity index (χ2v) is 10.6. The molecule has 0 saturated heterocycles. The maximum atomic E-state index is 14.0. The van der Waals surface area contributed by atoms with Crippen LogP contribution < -0.4 is 5.73 Å². The van der Waals surface area contributed by atoms with Crippen molar-refractivity contribution in [3.05, 3.63) is 64.0 Å². The van der Waals surface area contributed by atoms with Crippen molar-refractivity contribution in [2.45, 2.75) is 43.4 Å². The molecule has 0 radical (unpaired) electrons. The summed E-state index contributed by atoms with van der Waals surface area (Å²) in [6.07, 6.45) is 5.73. The molecular formula is C28H30N2O8. The molecule has 10 nitrogen and oxygen atoms in total. The molecule has 10 heteroatoms. The van der Waals surface area contributed by atoms with Gasteiger partial charge in [0.2, 0.25) is 5.78 Å². The number of hydrogen-bond acceptors (Lipinski definition) is 9. The smallest absolute Gasteiger partial charge is 0.255 e. The van der Waals surface area contributed by atoms with Gasteiger partial charge in [-0.05, 0) is 55.6 Å². The Balaban J connectivity index is 1.81. The molecule has 1 aromatic rings. The van der Waals surface area contributed by atoms with Crippen LogP contribution in [0.2, 0.25) is 0 Å². The second-order valence-electron chi connectivity index (χ2n) is 10.6. The number of ketones is 2. The lowest BCUT2D eigenvalue weighted by Crippen LogP contribution is -2.70. The number of hydrogen-bond donors (Lipinski definition) is 6. The molecule has 0 aromatic heterocycles. The minimum absolute atomic E-state index is 0.00561. The number of likely N-dealkylation sites (N-methyl/N-ethyl adjacent to an activating group) is 1. The first kappa shape index (κ1) is 25.9. The molecule has 6 atom stereocenters. The molecule has 0 bridgehead atoms. The van der Waals surface area contributed by atoms with Crippen LogP contribution in [-0.4, -0.2) is 79.7 Å². The number of aliphatic hydroxyl groups is 4. The summed E-state index contributed by atoms with van der Waals surface area (Å²) in [6, 6.07) is 1.74. The van der Waals surface area contributed by atoms with Crippen molar-refractivity contribution >= 4 is 28.8 Å². The zero-order valence-electron chi connectivity index (χ0n) is 21.2. The summed E-state index contributed by atoms with van der Waals surface area (Å²) in [5, 5.41) is 56.7. The summed E-state index contributed by atoms with van der Waals surface area (Å²) in [6.45, 7) is 1.73. The molecule has 200 valence electrons. The van der Waals surface area contributed by atoms with Gasteiger partial charge in [-0.2, -0.15) is 0 Å². The Labute approximate surface area is 218 Å². The Hall–Kier alpha value is -3.73. The number of carbonyl (C=O) groups excluding carboxylic acids is 3. The molecule has 0 spiro atoms. The molecule has 0 heterocycles. The van der Waals surface area contributed by atoms with Crippen LogP contribution >= 0.6 is 0 Å². The van der Waals surface area contributed by atoms with Gasteiger partial charge in [0.25, 0.3) is 5.91 Å². The van der Waals surface area contributed by atoms with Crippen molar-refractivity contribution in [3.8, 4) is 5.75 Å². The van der Waals surface area contributed by atoms with Gasteiger partial charge >= 0.3 is 0 Å². The summed E-state index contributed by atoms with van der Waals surface area (Å²) in [4.78, 5) is 40.8. The molecule has 4 aliphatic carbocycles. The van der Waals surface area contributed by atoms with E-state index in [1.807, 2.05) is 18.2 Å². The van der Waals surface area contributed by atoms with Crippen LogP contribution in [0.1, 0.15) is 42.4 Å². The summed E-state index contributed by atoms with van der Waals surface area (Å²) >= 11 is 0. The van der Waals surface area contributed by atoms with Crippen molar-refractivity contribution in [1.29, 1.82) is 0 Å². The Morgan fingerprint density at radius 3 is 2.39 bits per heavy atom. The number of allylic oxidation sites excluding steroid dienone is 4. The van der Waals surface area contributed by atoms with Crippen LogP contribution in [-0.2, 0) is 14.4 Å². The molecule has 1 amide bonds. The van der Waals surface area contributed by atoms with E-state index in [1.54, 1.807) is 13.0 Å². The van der Waals surface area contributed by atoms with E-state index in [0.29, 0.717) is 18.4 Å². The summed E-state index contributed by atoms with van der Waals surface area (Å²) < 4.78 is 0. The highest BCUT2D eigenvalue weighted by atomic mass is 16.4. The molecule has 7 N–H and O–H groups in total. The lowest BCUT2D eigenvalue weighted by Gasteiger charge is -2.54. The van der Waals surface area contributed by atoms with Gasteiger partial charge in [-0.25, -0.2) is 0 Å². The maximum Gasteiger partial charge on any atom is 0.255 e. The van der Waals surface area contributed by atoms with Crippen LogP contribution in [0.5, 0.6) is 5.75 Å². The van der Waals surface area contributed by atoms with Crippen molar-refractivity contribution in [2.75, 3.05) is 14.1 Å². The van der Waals surface area contributed by atoms with Crippen molar-refractivity contribution in [1.82, 2.24) is 4.90 Å². The summed E-state index contributed by atoms with van der Waals surface area (Å²) in [7, 11) is 2.95. The molecule has 1 saturated carbocycles. The number of fused-ring (bicyclic) bond motifs is 3. The van der Waals surface area contributed by atoms with Gasteiger partial charge in [-0.1, -0.05) is 31.2 Å². The fraction of sp³-hybridized carbons (Fsp3) is 0.393. The van der Waals surface area contributed by atoms with Crippen molar-refractivity contribution < 1.29 is 39.9 Å². The van der Waals surface area contributed by atoms with E-state index in [0.717, 1.165) is 11.1 Å². The van der Waals surface area contributed by atoms with Gasteiger partial charge in [0.15, 0.2) is 11.4 Å². The summed E-state index contributed by atoms with van der Waals surface area (Å²) in [5.41, 5.74) is 3.29. The van der Waals surface area contributed by atoms with Crippen LogP contribution in [0.25, 0.3) is 11.3 Å². The number of rotatable bonds is 3.